The topological polar surface area (TPSA) is 111 Å². The van der Waals surface area contributed by atoms with Gasteiger partial charge in [-0.15, -0.1) is 8.78 Å². The molecule has 1 aromatic rings. The number of amides is 3. The lowest BCUT2D eigenvalue weighted by molar-refractivity contribution is -0.286. The molecule has 0 bridgehead atoms. The van der Waals surface area contributed by atoms with Crippen molar-refractivity contribution in [1.82, 2.24) is 4.90 Å². The van der Waals surface area contributed by atoms with Gasteiger partial charge in [0.05, 0.1) is 18.3 Å². The SMILES string of the molecule is O=C(COC(=O)CCN1C(=O)[C@H]2CCCC[C@@H]2C1=O)Nc1ccc2c(c1)OC(F)(F)O2. The minimum absolute atomic E-state index is 0.0819. The maximum absolute atomic E-state index is 13.0. The van der Waals surface area contributed by atoms with Gasteiger partial charge in [-0.3, -0.25) is 24.1 Å². The van der Waals surface area contributed by atoms with Crippen molar-refractivity contribution in [2.75, 3.05) is 18.5 Å². The van der Waals surface area contributed by atoms with E-state index in [4.69, 9.17) is 4.74 Å². The number of esters is 1. The van der Waals surface area contributed by atoms with Crippen molar-refractivity contribution < 1.29 is 42.2 Å². The number of anilines is 1. The van der Waals surface area contributed by atoms with E-state index in [1.54, 1.807) is 0 Å². The molecule has 1 saturated carbocycles. The molecule has 0 aromatic heterocycles. The van der Waals surface area contributed by atoms with Crippen molar-refractivity contribution in [3.05, 3.63) is 18.2 Å². The summed E-state index contributed by atoms with van der Waals surface area (Å²) in [5, 5.41) is 2.38. The molecule has 2 aliphatic heterocycles. The molecule has 1 saturated heterocycles. The average molecular weight is 438 g/mol. The summed E-state index contributed by atoms with van der Waals surface area (Å²) in [4.78, 5) is 49.8. The van der Waals surface area contributed by atoms with E-state index in [-0.39, 0.29) is 53.8 Å². The summed E-state index contributed by atoms with van der Waals surface area (Å²) in [5.41, 5.74) is 0.150. The van der Waals surface area contributed by atoms with E-state index in [0.29, 0.717) is 12.8 Å². The highest BCUT2D eigenvalue weighted by atomic mass is 19.3. The Morgan fingerprint density at radius 2 is 1.74 bits per heavy atom. The average Bonchev–Trinajstić information content (AvgIpc) is 3.17. The second-order valence-corrected chi connectivity index (χ2v) is 7.61. The number of carbonyl (C=O) groups excluding carboxylic acids is 4. The van der Waals surface area contributed by atoms with Gasteiger partial charge >= 0.3 is 12.3 Å². The molecule has 0 radical (unpaired) electrons. The standard InChI is InChI=1S/C20H20F2N2O7/c21-20(22)30-14-6-5-11(9-15(14)31-20)23-16(25)10-29-17(26)7-8-24-18(27)12-3-1-2-4-13(12)19(24)28/h5-6,9,12-13H,1-4,7-8,10H2,(H,23,25)/t12-,13-/m0/s1. The molecule has 2 fully saturated rings. The maximum Gasteiger partial charge on any atom is 0.586 e. The molecule has 2 atom stereocenters. The van der Waals surface area contributed by atoms with Crippen LogP contribution in [0.25, 0.3) is 0 Å². The summed E-state index contributed by atoms with van der Waals surface area (Å²) >= 11 is 0. The summed E-state index contributed by atoms with van der Waals surface area (Å²) in [7, 11) is 0. The highest BCUT2D eigenvalue weighted by Gasteiger charge is 2.48. The number of rotatable bonds is 6. The molecule has 0 spiro atoms. The van der Waals surface area contributed by atoms with Crippen molar-refractivity contribution >= 4 is 29.4 Å². The largest absolute Gasteiger partial charge is 0.586 e. The lowest BCUT2D eigenvalue weighted by Crippen LogP contribution is -2.33. The Kier molecular flexibility index (Phi) is 5.50. The van der Waals surface area contributed by atoms with Gasteiger partial charge in [0.15, 0.2) is 18.1 Å². The molecule has 31 heavy (non-hydrogen) atoms. The van der Waals surface area contributed by atoms with Crippen LogP contribution in [0.5, 0.6) is 11.5 Å². The highest BCUT2D eigenvalue weighted by Crippen LogP contribution is 2.42. The molecule has 11 heteroatoms. The third kappa shape index (κ3) is 4.44. The normalized spacial score (nSPS) is 23.5. The van der Waals surface area contributed by atoms with Crippen molar-refractivity contribution in [1.29, 1.82) is 0 Å². The Morgan fingerprint density at radius 3 is 2.42 bits per heavy atom. The van der Waals surface area contributed by atoms with Crippen LogP contribution in [0.4, 0.5) is 14.5 Å². The van der Waals surface area contributed by atoms with Crippen LogP contribution in [0.1, 0.15) is 32.1 Å². The van der Waals surface area contributed by atoms with Crippen LogP contribution in [0.2, 0.25) is 0 Å². The third-order valence-corrected chi connectivity index (χ3v) is 5.52. The van der Waals surface area contributed by atoms with E-state index in [1.165, 1.54) is 12.1 Å². The zero-order valence-electron chi connectivity index (χ0n) is 16.4. The predicted octanol–water partition coefficient (Wildman–Crippen LogP) is 2.06. The number of hydrogen-bond acceptors (Lipinski definition) is 7. The van der Waals surface area contributed by atoms with Crippen LogP contribution in [0.15, 0.2) is 18.2 Å². The molecule has 3 aliphatic rings. The van der Waals surface area contributed by atoms with E-state index in [2.05, 4.69) is 14.8 Å². The number of benzene rings is 1. The van der Waals surface area contributed by atoms with Crippen LogP contribution in [-0.2, 0) is 23.9 Å². The minimum atomic E-state index is -3.77. The fraction of sp³-hybridized carbons (Fsp3) is 0.500. The van der Waals surface area contributed by atoms with Crippen LogP contribution >= 0.6 is 0 Å². The molecule has 9 nitrogen and oxygen atoms in total. The number of likely N-dealkylation sites (tertiary alicyclic amines) is 1. The van der Waals surface area contributed by atoms with Gasteiger partial charge in [0.25, 0.3) is 5.91 Å². The van der Waals surface area contributed by atoms with E-state index in [9.17, 15) is 28.0 Å². The quantitative estimate of drug-likeness (QED) is 0.535. The van der Waals surface area contributed by atoms with Crippen molar-refractivity contribution in [3.8, 4) is 11.5 Å². The Bertz CT molecular complexity index is 912. The predicted molar refractivity (Wildman–Crippen MR) is 99.0 cm³/mol. The third-order valence-electron chi connectivity index (χ3n) is 5.52. The Hall–Kier alpha value is -3.24. The number of imide groups is 1. The maximum atomic E-state index is 13.0. The van der Waals surface area contributed by atoms with Crippen LogP contribution in [0, 0.1) is 11.8 Å². The molecular formula is C20H20F2N2O7. The second-order valence-electron chi connectivity index (χ2n) is 7.61. The number of nitrogens with zero attached hydrogens (tertiary/aromatic N) is 1. The Labute approximate surface area is 175 Å². The molecule has 1 aromatic carbocycles. The molecule has 4 rings (SSSR count). The number of alkyl halides is 2. The summed E-state index contributed by atoms with van der Waals surface area (Å²) in [6.07, 6.45) is -0.782. The number of carbonyl (C=O) groups is 4. The van der Waals surface area contributed by atoms with Crippen molar-refractivity contribution in [2.24, 2.45) is 11.8 Å². The van der Waals surface area contributed by atoms with E-state index in [0.717, 1.165) is 23.8 Å². The summed E-state index contributed by atoms with van der Waals surface area (Å²) < 4.78 is 39.5. The first-order chi connectivity index (χ1) is 14.7. The fourth-order valence-corrected chi connectivity index (χ4v) is 4.10. The number of nitrogens with one attached hydrogen (secondary N) is 1. The first kappa shape index (κ1) is 21.0. The van der Waals surface area contributed by atoms with Gasteiger partial charge in [-0.05, 0) is 25.0 Å². The molecule has 2 heterocycles. The first-order valence-corrected chi connectivity index (χ1v) is 9.94. The van der Waals surface area contributed by atoms with Crippen molar-refractivity contribution in [2.45, 2.75) is 38.4 Å². The summed E-state index contributed by atoms with van der Waals surface area (Å²) in [5.74, 6) is -2.90. The lowest BCUT2D eigenvalue weighted by Gasteiger charge is -2.19. The lowest BCUT2D eigenvalue weighted by atomic mass is 9.81. The molecule has 166 valence electrons. The van der Waals surface area contributed by atoms with E-state index >= 15 is 0 Å². The van der Waals surface area contributed by atoms with Gasteiger partial charge < -0.3 is 19.5 Å². The Morgan fingerprint density at radius 1 is 1.10 bits per heavy atom. The van der Waals surface area contributed by atoms with E-state index < -0.39 is 24.8 Å². The smallest absolute Gasteiger partial charge is 0.456 e. The van der Waals surface area contributed by atoms with Crippen LogP contribution < -0.4 is 14.8 Å². The van der Waals surface area contributed by atoms with Gasteiger partial charge in [-0.2, -0.15) is 0 Å². The van der Waals surface area contributed by atoms with E-state index in [1.807, 2.05) is 0 Å². The number of ether oxygens (including phenoxy) is 3. The first-order valence-electron chi connectivity index (χ1n) is 9.94. The molecule has 0 unspecified atom stereocenters. The van der Waals surface area contributed by atoms with Gasteiger partial charge in [0, 0.05) is 18.3 Å². The van der Waals surface area contributed by atoms with Gasteiger partial charge in [0.1, 0.15) is 0 Å². The summed E-state index contributed by atoms with van der Waals surface area (Å²) in [6.45, 7) is -0.696. The zero-order valence-corrected chi connectivity index (χ0v) is 16.4. The van der Waals surface area contributed by atoms with Crippen LogP contribution in [-0.4, -0.2) is 48.0 Å². The monoisotopic (exact) mass is 438 g/mol. The molecule has 1 aliphatic carbocycles. The molecule has 1 N–H and O–H groups in total. The Balaban J connectivity index is 1.22. The number of halogens is 2. The van der Waals surface area contributed by atoms with Gasteiger partial charge in [0.2, 0.25) is 11.8 Å². The number of fused-ring (bicyclic) bond motifs is 2. The zero-order chi connectivity index (χ0) is 22.2. The van der Waals surface area contributed by atoms with Gasteiger partial charge in [-0.1, -0.05) is 12.8 Å². The number of hydrogen-bond donors (Lipinski definition) is 1. The summed E-state index contributed by atoms with van der Waals surface area (Å²) in [6, 6.07) is 3.69. The second kappa shape index (κ2) is 8.12. The van der Waals surface area contributed by atoms with Crippen LogP contribution in [0.3, 0.4) is 0 Å². The minimum Gasteiger partial charge on any atom is -0.456 e. The highest BCUT2D eigenvalue weighted by molar-refractivity contribution is 6.05. The molecule has 3 amide bonds. The fourth-order valence-electron chi connectivity index (χ4n) is 4.10. The van der Waals surface area contributed by atoms with Crippen molar-refractivity contribution in [3.63, 3.8) is 0 Å². The van der Waals surface area contributed by atoms with Gasteiger partial charge in [-0.25, -0.2) is 0 Å². The molecular weight excluding hydrogens is 418 g/mol.